The van der Waals surface area contributed by atoms with Gasteiger partial charge in [-0.1, -0.05) is 42.5 Å². The van der Waals surface area contributed by atoms with Gasteiger partial charge in [-0.3, -0.25) is 0 Å². The first-order chi connectivity index (χ1) is 8.75. The van der Waals surface area contributed by atoms with E-state index in [2.05, 4.69) is 12.6 Å². The standard InChI is InChI=1S/C16H11FS/c17-15-8-4-3-7-13(15)14-9-11-5-1-2-6-12(11)10-16(14)18/h1-10,18H. The van der Waals surface area contributed by atoms with Gasteiger partial charge in [0, 0.05) is 10.5 Å². The molecule has 0 aromatic heterocycles. The van der Waals surface area contributed by atoms with E-state index in [0.29, 0.717) is 5.56 Å². The SMILES string of the molecule is Fc1ccccc1-c1cc2ccccc2cc1S. The smallest absolute Gasteiger partial charge is 0.131 e. The van der Waals surface area contributed by atoms with Gasteiger partial charge >= 0.3 is 0 Å². The van der Waals surface area contributed by atoms with Gasteiger partial charge in [0.2, 0.25) is 0 Å². The molecule has 0 bridgehead atoms. The molecule has 3 rings (SSSR count). The summed E-state index contributed by atoms with van der Waals surface area (Å²) < 4.78 is 13.8. The predicted molar refractivity (Wildman–Crippen MR) is 76.6 cm³/mol. The first kappa shape index (κ1) is 11.3. The van der Waals surface area contributed by atoms with Crippen molar-refractivity contribution in [2.24, 2.45) is 0 Å². The maximum absolute atomic E-state index is 13.8. The van der Waals surface area contributed by atoms with E-state index in [0.717, 1.165) is 21.2 Å². The van der Waals surface area contributed by atoms with Crippen LogP contribution in [0.3, 0.4) is 0 Å². The summed E-state index contributed by atoms with van der Waals surface area (Å²) in [4.78, 5) is 0.791. The van der Waals surface area contributed by atoms with Gasteiger partial charge in [-0.25, -0.2) is 4.39 Å². The fourth-order valence-corrected chi connectivity index (χ4v) is 2.45. The van der Waals surface area contributed by atoms with Crippen molar-refractivity contribution in [1.29, 1.82) is 0 Å². The highest BCUT2D eigenvalue weighted by Gasteiger charge is 2.08. The van der Waals surface area contributed by atoms with Crippen LogP contribution in [0.5, 0.6) is 0 Å². The van der Waals surface area contributed by atoms with E-state index >= 15 is 0 Å². The summed E-state index contributed by atoms with van der Waals surface area (Å²) in [7, 11) is 0. The molecule has 0 radical (unpaired) electrons. The van der Waals surface area contributed by atoms with Crippen molar-refractivity contribution >= 4 is 23.4 Å². The minimum atomic E-state index is -0.219. The zero-order chi connectivity index (χ0) is 12.5. The van der Waals surface area contributed by atoms with Crippen LogP contribution in [0.15, 0.2) is 65.6 Å². The third-order valence-corrected chi connectivity index (χ3v) is 3.40. The summed E-state index contributed by atoms with van der Waals surface area (Å²) in [6.45, 7) is 0. The zero-order valence-electron chi connectivity index (χ0n) is 9.60. The number of hydrogen-bond donors (Lipinski definition) is 1. The van der Waals surface area contributed by atoms with Gasteiger partial charge in [-0.15, -0.1) is 12.6 Å². The molecular weight excluding hydrogens is 243 g/mol. The van der Waals surface area contributed by atoms with E-state index < -0.39 is 0 Å². The first-order valence-corrected chi connectivity index (χ1v) is 6.17. The lowest BCUT2D eigenvalue weighted by Gasteiger charge is -2.08. The predicted octanol–water partition coefficient (Wildman–Crippen LogP) is 4.93. The number of thiol groups is 1. The summed E-state index contributed by atoms with van der Waals surface area (Å²) in [5.41, 5.74) is 1.42. The third kappa shape index (κ3) is 1.89. The molecule has 18 heavy (non-hydrogen) atoms. The minimum absolute atomic E-state index is 0.219. The average Bonchev–Trinajstić information content (AvgIpc) is 2.39. The van der Waals surface area contributed by atoms with E-state index in [1.807, 2.05) is 42.5 Å². The van der Waals surface area contributed by atoms with Crippen LogP contribution in [0.25, 0.3) is 21.9 Å². The van der Waals surface area contributed by atoms with Crippen molar-refractivity contribution < 1.29 is 4.39 Å². The van der Waals surface area contributed by atoms with Crippen LogP contribution in [0.4, 0.5) is 4.39 Å². The Kier molecular flexibility index (Phi) is 2.80. The Labute approximate surface area is 110 Å². The molecule has 0 atom stereocenters. The molecule has 0 nitrogen and oxygen atoms in total. The summed E-state index contributed by atoms with van der Waals surface area (Å²) >= 11 is 4.47. The maximum atomic E-state index is 13.8. The molecule has 88 valence electrons. The number of benzene rings is 3. The van der Waals surface area contributed by atoms with E-state index in [4.69, 9.17) is 0 Å². The van der Waals surface area contributed by atoms with Crippen molar-refractivity contribution in [3.8, 4) is 11.1 Å². The van der Waals surface area contributed by atoms with Crippen LogP contribution < -0.4 is 0 Å². The Morgan fingerprint density at radius 3 is 2.06 bits per heavy atom. The Bertz CT molecular complexity index is 719. The Morgan fingerprint density at radius 2 is 1.33 bits per heavy atom. The lowest BCUT2D eigenvalue weighted by atomic mass is 10.0. The van der Waals surface area contributed by atoms with E-state index in [1.54, 1.807) is 12.1 Å². The van der Waals surface area contributed by atoms with Crippen molar-refractivity contribution in [3.05, 3.63) is 66.5 Å². The molecule has 0 saturated carbocycles. The summed E-state index contributed by atoms with van der Waals surface area (Å²) in [6.07, 6.45) is 0. The van der Waals surface area contributed by atoms with Gasteiger partial charge < -0.3 is 0 Å². The summed E-state index contributed by atoms with van der Waals surface area (Å²) in [5.74, 6) is -0.219. The Morgan fingerprint density at radius 1 is 0.722 bits per heavy atom. The lowest BCUT2D eigenvalue weighted by Crippen LogP contribution is -1.86. The molecule has 2 heteroatoms. The molecule has 0 amide bonds. The molecular formula is C16H11FS. The minimum Gasteiger partial charge on any atom is -0.206 e. The topological polar surface area (TPSA) is 0 Å². The molecule has 0 fully saturated rings. The van der Waals surface area contributed by atoms with Gasteiger partial charge in [-0.05, 0) is 34.5 Å². The molecule has 0 aliphatic rings. The highest BCUT2D eigenvalue weighted by atomic mass is 32.1. The molecule has 0 unspecified atom stereocenters. The van der Waals surface area contributed by atoms with Gasteiger partial charge in [0.25, 0.3) is 0 Å². The van der Waals surface area contributed by atoms with E-state index in [9.17, 15) is 4.39 Å². The van der Waals surface area contributed by atoms with Gasteiger partial charge in [0.05, 0.1) is 0 Å². The van der Waals surface area contributed by atoms with Crippen molar-refractivity contribution in [2.75, 3.05) is 0 Å². The normalized spacial score (nSPS) is 10.8. The monoisotopic (exact) mass is 254 g/mol. The molecule has 0 N–H and O–H groups in total. The molecule has 0 aliphatic heterocycles. The third-order valence-electron chi connectivity index (χ3n) is 3.03. The first-order valence-electron chi connectivity index (χ1n) is 5.72. The molecule has 0 heterocycles. The van der Waals surface area contributed by atoms with Gasteiger partial charge in [-0.2, -0.15) is 0 Å². The van der Waals surface area contributed by atoms with Crippen molar-refractivity contribution in [1.82, 2.24) is 0 Å². The Balaban J connectivity index is 2.30. The molecule has 0 saturated heterocycles. The maximum Gasteiger partial charge on any atom is 0.131 e. The molecule has 0 spiro atoms. The van der Waals surface area contributed by atoms with Crippen molar-refractivity contribution in [2.45, 2.75) is 4.90 Å². The van der Waals surface area contributed by atoms with Crippen LogP contribution >= 0.6 is 12.6 Å². The second-order valence-corrected chi connectivity index (χ2v) is 4.68. The fourth-order valence-electron chi connectivity index (χ4n) is 2.12. The van der Waals surface area contributed by atoms with Gasteiger partial charge in [0.1, 0.15) is 5.82 Å². The highest BCUT2D eigenvalue weighted by Crippen LogP contribution is 2.32. The summed E-state index contributed by atoms with van der Waals surface area (Å²) in [5, 5.41) is 2.20. The lowest BCUT2D eigenvalue weighted by molar-refractivity contribution is 0.631. The van der Waals surface area contributed by atoms with E-state index in [-0.39, 0.29) is 5.82 Å². The number of halogens is 1. The quantitative estimate of drug-likeness (QED) is 0.584. The number of fused-ring (bicyclic) bond motifs is 1. The van der Waals surface area contributed by atoms with Crippen LogP contribution in [0.2, 0.25) is 0 Å². The second-order valence-electron chi connectivity index (χ2n) is 4.20. The van der Waals surface area contributed by atoms with Crippen LogP contribution in [0.1, 0.15) is 0 Å². The van der Waals surface area contributed by atoms with Gasteiger partial charge in [0.15, 0.2) is 0 Å². The van der Waals surface area contributed by atoms with Crippen LogP contribution in [-0.2, 0) is 0 Å². The fraction of sp³-hybridized carbons (Fsp3) is 0. The number of hydrogen-bond acceptors (Lipinski definition) is 1. The second kappa shape index (κ2) is 4.46. The largest absolute Gasteiger partial charge is 0.206 e. The van der Waals surface area contributed by atoms with Crippen LogP contribution in [-0.4, -0.2) is 0 Å². The van der Waals surface area contributed by atoms with Crippen molar-refractivity contribution in [3.63, 3.8) is 0 Å². The number of rotatable bonds is 1. The van der Waals surface area contributed by atoms with E-state index in [1.165, 1.54) is 6.07 Å². The molecule has 0 aliphatic carbocycles. The average molecular weight is 254 g/mol. The zero-order valence-corrected chi connectivity index (χ0v) is 10.5. The highest BCUT2D eigenvalue weighted by molar-refractivity contribution is 7.80. The van der Waals surface area contributed by atoms with Crippen LogP contribution in [0, 0.1) is 5.82 Å². The Hall–Kier alpha value is -1.80. The molecule has 3 aromatic carbocycles. The summed E-state index contributed by atoms with van der Waals surface area (Å²) in [6, 6.07) is 18.7. The molecule has 3 aromatic rings.